The van der Waals surface area contributed by atoms with Crippen molar-refractivity contribution in [2.45, 2.75) is 19.6 Å². The van der Waals surface area contributed by atoms with Crippen LogP contribution in [0, 0.1) is 0 Å². The second kappa shape index (κ2) is 10.7. The van der Waals surface area contributed by atoms with Crippen molar-refractivity contribution in [1.82, 2.24) is 5.32 Å². The summed E-state index contributed by atoms with van der Waals surface area (Å²) < 4.78 is 16.6. The van der Waals surface area contributed by atoms with Crippen LogP contribution in [-0.2, 0) is 19.6 Å². The molecule has 0 saturated heterocycles. The van der Waals surface area contributed by atoms with Crippen LogP contribution in [0.4, 0.5) is 0 Å². The van der Waals surface area contributed by atoms with Crippen LogP contribution >= 0.6 is 11.6 Å². The molecule has 0 radical (unpaired) electrons. The van der Waals surface area contributed by atoms with Crippen LogP contribution in [0.25, 0.3) is 0 Å². The van der Waals surface area contributed by atoms with E-state index in [9.17, 15) is 0 Å². The molecule has 3 rings (SSSR count). The fourth-order valence-electron chi connectivity index (χ4n) is 2.94. The van der Waals surface area contributed by atoms with Gasteiger partial charge in [-0.2, -0.15) is 0 Å². The number of ether oxygens (including phenoxy) is 3. The summed E-state index contributed by atoms with van der Waals surface area (Å²) in [6.45, 7) is 2.13. The van der Waals surface area contributed by atoms with Crippen molar-refractivity contribution < 1.29 is 14.2 Å². The summed E-state index contributed by atoms with van der Waals surface area (Å²) in [4.78, 5) is 0. The van der Waals surface area contributed by atoms with Crippen LogP contribution in [0.3, 0.4) is 0 Å². The van der Waals surface area contributed by atoms with Gasteiger partial charge in [-0.1, -0.05) is 41.9 Å². The maximum absolute atomic E-state index is 5.92. The highest BCUT2D eigenvalue weighted by atomic mass is 35.5. The van der Waals surface area contributed by atoms with Gasteiger partial charge in [0.1, 0.15) is 12.4 Å². The number of methoxy groups -OCH3 is 2. The first kappa shape index (κ1) is 21.0. The highest BCUT2D eigenvalue weighted by Gasteiger charge is 2.07. The predicted octanol–water partition coefficient (Wildman–Crippen LogP) is 5.27. The van der Waals surface area contributed by atoms with E-state index in [-0.39, 0.29) is 0 Å². The first-order valence-corrected chi connectivity index (χ1v) is 9.93. The average Bonchev–Trinajstić information content (AvgIpc) is 2.77. The number of benzene rings is 3. The Balaban J connectivity index is 1.49. The summed E-state index contributed by atoms with van der Waals surface area (Å²) in [5.41, 5.74) is 3.48. The smallest absolute Gasteiger partial charge is 0.161 e. The topological polar surface area (TPSA) is 39.7 Å². The van der Waals surface area contributed by atoms with E-state index in [2.05, 4.69) is 23.5 Å². The fourth-order valence-corrected chi connectivity index (χ4v) is 3.07. The van der Waals surface area contributed by atoms with E-state index in [1.165, 1.54) is 5.56 Å². The lowest BCUT2D eigenvalue weighted by molar-refractivity contribution is 0.284. The zero-order valence-electron chi connectivity index (χ0n) is 16.8. The molecule has 0 heterocycles. The maximum Gasteiger partial charge on any atom is 0.161 e. The molecule has 0 aliphatic heterocycles. The van der Waals surface area contributed by atoms with E-state index in [1.807, 2.05) is 48.5 Å². The van der Waals surface area contributed by atoms with E-state index in [1.54, 1.807) is 14.2 Å². The van der Waals surface area contributed by atoms with E-state index < -0.39 is 0 Å². The van der Waals surface area contributed by atoms with Gasteiger partial charge in [0.15, 0.2) is 11.5 Å². The molecule has 4 nitrogen and oxygen atoms in total. The molecule has 152 valence electrons. The first-order chi connectivity index (χ1) is 14.2. The second-order valence-electron chi connectivity index (χ2n) is 6.68. The summed E-state index contributed by atoms with van der Waals surface area (Å²) in [6, 6.07) is 21.8. The predicted molar refractivity (Wildman–Crippen MR) is 117 cm³/mol. The average molecular weight is 412 g/mol. The van der Waals surface area contributed by atoms with Gasteiger partial charge in [0.05, 0.1) is 14.2 Å². The third kappa shape index (κ3) is 6.41. The standard InChI is InChI=1S/C24H26ClNO3/c1-27-22-10-5-18(6-11-22)13-14-26-16-20-7-12-23(24(15-20)28-2)29-17-19-3-8-21(25)9-4-19/h3-12,15,26H,13-14,16-17H2,1-2H3. The quantitative estimate of drug-likeness (QED) is 0.461. The fraction of sp³-hybridized carbons (Fsp3) is 0.250. The monoisotopic (exact) mass is 411 g/mol. The number of hydrogen-bond acceptors (Lipinski definition) is 4. The zero-order valence-corrected chi connectivity index (χ0v) is 17.5. The van der Waals surface area contributed by atoms with Gasteiger partial charge in [0.25, 0.3) is 0 Å². The summed E-state index contributed by atoms with van der Waals surface area (Å²) in [5.74, 6) is 2.34. The van der Waals surface area contributed by atoms with Gasteiger partial charge < -0.3 is 19.5 Å². The summed E-state index contributed by atoms with van der Waals surface area (Å²) in [5, 5.41) is 4.19. The maximum atomic E-state index is 5.92. The molecule has 3 aromatic carbocycles. The molecule has 0 aliphatic rings. The highest BCUT2D eigenvalue weighted by molar-refractivity contribution is 6.30. The van der Waals surface area contributed by atoms with Crippen LogP contribution in [0.15, 0.2) is 66.7 Å². The van der Waals surface area contributed by atoms with Crippen molar-refractivity contribution in [2.75, 3.05) is 20.8 Å². The van der Waals surface area contributed by atoms with Gasteiger partial charge >= 0.3 is 0 Å². The number of halogens is 1. The molecule has 5 heteroatoms. The third-order valence-corrected chi connectivity index (χ3v) is 4.87. The normalized spacial score (nSPS) is 10.6. The van der Waals surface area contributed by atoms with E-state index >= 15 is 0 Å². The molecular weight excluding hydrogens is 386 g/mol. The lowest BCUT2D eigenvalue weighted by Gasteiger charge is -2.13. The number of hydrogen-bond donors (Lipinski definition) is 1. The van der Waals surface area contributed by atoms with Gasteiger partial charge in [0.2, 0.25) is 0 Å². The van der Waals surface area contributed by atoms with Crippen molar-refractivity contribution in [3.8, 4) is 17.2 Å². The molecule has 0 aromatic heterocycles. The molecule has 0 bridgehead atoms. The van der Waals surface area contributed by atoms with Crippen molar-refractivity contribution in [1.29, 1.82) is 0 Å². The Morgan fingerprint density at radius 1 is 0.759 bits per heavy atom. The third-order valence-electron chi connectivity index (χ3n) is 4.61. The molecule has 0 atom stereocenters. The Kier molecular flexibility index (Phi) is 7.79. The van der Waals surface area contributed by atoms with E-state index in [0.717, 1.165) is 52.9 Å². The molecule has 0 spiro atoms. The number of nitrogens with one attached hydrogen (secondary N) is 1. The van der Waals surface area contributed by atoms with Gasteiger partial charge in [-0.25, -0.2) is 0 Å². The van der Waals surface area contributed by atoms with Crippen molar-refractivity contribution in [2.24, 2.45) is 0 Å². The zero-order chi connectivity index (χ0) is 20.5. The Bertz CT molecular complexity index is 895. The van der Waals surface area contributed by atoms with Crippen LogP contribution in [-0.4, -0.2) is 20.8 Å². The molecule has 0 fully saturated rings. The Morgan fingerprint density at radius 2 is 1.45 bits per heavy atom. The Morgan fingerprint density at radius 3 is 2.14 bits per heavy atom. The molecule has 3 aromatic rings. The summed E-state index contributed by atoms with van der Waals surface area (Å²) in [7, 11) is 3.34. The van der Waals surface area contributed by atoms with Gasteiger partial charge in [-0.15, -0.1) is 0 Å². The van der Waals surface area contributed by atoms with Crippen LogP contribution < -0.4 is 19.5 Å². The van der Waals surface area contributed by atoms with Gasteiger partial charge in [0, 0.05) is 11.6 Å². The first-order valence-electron chi connectivity index (χ1n) is 9.56. The van der Waals surface area contributed by atoms with E-state index in [0.29, 0.717) is 6.61 Å². The van der Waals surface area contributed by atoms with Crippen LogP contribution in [0.1, 0.15) is 16.7 Å². The molecule has 0 saturated carbocycles. The SMILES string of the molecule is COc1ccc(CCNCc2ccc(OCc3ccc(Cl)cc3)c(OC)c2)cc1. The van der Waals surface area contributed by atoms with Crippen molar-refractivity contribution in [3.63, 3.8) is 0 Å². The Labute approximate surface area is 177 Å². The molecular formula is C24H26ClNO3. The molecule has 29 heavy (non-hydrogen) atoms. The second-order valence-corrected chi connectivity index (χ2v) is 7.11. The molecule has 0 aliphatic carbocycles. The largest absolute Gasteiger partial charge is 0.497 e. The van der Waals surface area contributed by atoms with Crippen LogP contribution in [0.5, 0.6) is 17.2 Å². The Hall–Kier alpha value is -2.69. The van der Waals surface area contributed by atoms with Gasteiger partial charge in [-0.3, -0.25) is 0 Å². The molecule has 1 N–H and O–H groups in total. The molecule has 0 unspecified atom stereocenters. The minimum Gasteiger partial charge on any atom is -0.497 e. The summed E-state index contributed by atoms with van der Waals surface area (Å²) in [6.07, 6.45) is 0.962. The van der Waals surface area contributed by atoms with Gasteiger partial charge in [-0.05, 0) is 66.1 Å². The lowest BCUT2D eigenvalue weighted by atomic mass is 10.1. The lowest BCUT2D eigenvalue weighted by Crippen LogP contribution is -2.16. The van der Waals surface area contributed by atoms with Crippen LogP contribution in [0.2, 0.25) is 5.02 Å². The summed E-state index contributed by atoms with van der Waals surface area (Å²) >= 11 is 5.92. The minimum absolute atomic E-state index is 0.465. The van der Waals surface area contributed by atoms with Crippen molar-refractivity contribution >= 4 is 11.6 Å². The number of rotatable bonds is 10. The van der Waals surface area contributed by atoms with Crippen molar-refractivity contribution in [3.05, 3.63) is 88.4 Å². The van der Waals surface area contributed by atoms with E-state index in [4.69, 9.17) is 25.8 Å². The highest BCUT2D eigenvalue weighted by Crippen LogP contribution is 2.29. The molecule has 0 amide bonds. The minimum atomic E-state index is 0.465.